The molecule has 0 aliphatic heterocycles. The Morgan fingerprint density at radius 1 is 1.25 bits per heavy atom. The van der Waals surface area contributed by atoms with E-state index >= 15 is 0 Å². The number of unbranched alkanes of at least 4 members (excludes halogenated alkanes) is 2. The maximum Gasteiger partial charge on any atom is 0.417 e. The topological polar surface area (TPSA) is 29.1 Å². The van der Waals surface area contributed by atoms with Crippen LogP contribution in [-0.2, 0) is 6.18 Å². The van der Waals surface area contributed by atoms with Crippen LogP contribution < -0.4 is 5.32 Å². The predicted octanol–water partition coefficient (Wildman–Crippen LogP) is 4.80. The van der Waals surface area contributed by atoms with Crippen molar-refractivity contribution in [1.29, 1.82) is 0 Å². The molecule has 0 bridgehead atoms. The van der Waals surface area contributed by atoms with Crippen LogP contribution in [0.1, 0.15) is 35.2 Å². The average molecular weight is 464 g/mol. The van der Waals surface area contributed by atoms with Gasteiger partial charge >= 0.3 is 6.18 Å². The summed E-state index contributed by atoms with van der Waals surface area (Å²) in [7, 11) is 0. The zero-order chi connectivity index (χ0) is 15.2. The summed E-state index contributed by atoms with van der Waals surface area (Å²) in [5, 5.41) is 2.53. The highest BCUT2D eigenvalue weighted by Gasteiger charge is 2.35. The van der Waals surface area contributed by atoms with Crippen LogP contribution in [0.15, 0.2) is 22.7 Å². The van der Waals surface area contributed by atoms with Crippen molar-refractivity contribution in [3.63, 3.8) is 0 Å². The molecule has 1 rings (SSSR count). The van der Waals surface area contributed by atoms with Crippen molar-refractivity contribution >= 4 is 44.4 Å². The maximum atomic E-state index is 12.9. The molecule has 0 fully saturated rings. The fourth-order valence-corrected chi connectivity index (χ4v) is 2.54. The molecular weight excluding hydrogens is 450 g/mol. The molecule has 0 atom stereocenters. The molecule has 0 saturated carbocycles. The van der Waals surface area contributed by atoms with Crippen LogP contribution in [-0.4, -0.2) is 16.9 Å². The summed E-state index contributed by atoms with van der Waals surface area (Å²) in [4.78, 5) is 11.8. The first kappa shape index (κ1) is 17.7. The Hall–Kier alpha value is -0.310. The van der Waals surface area contributed by atoms with Gasteiger partial charge in [0.25, 0.3) is 5.91 Å². The first-order valence-electron chi connectivity index (χ1n) is 6.07. The van der Waals surface area contributed by atoms with Crippen molar-refractivity contribution in [2.45, 2.75) is 25.4 Å². The fraction of sp³-hybridized carbons (Fsp3) is 0.462. The highest BCUT2D eigenvalue weighted by molar-refractivity contribution is 14.1. The molecule has 1 aromatic rings. The predicted molar refractivity (Wildman–Crippen MR) is 84.2 cm³/mol. The second-order valence-corrected chi connectivity index (χ2v) is 6.19. The minimum atomic E-state index is -4.54. The van der Waals surface area contributed by atoms with Gasteiger partial charge < -0.3 is 5.32 Å². The van der Waals surface area contributed by atoms with Gasteiger partial charge in [-0.05, 0) is 35.5 Å². The van der Waals surface area contributed by atoms with Gasteiger partial charge in [0.2, 0.25) is 0 Å². The van der Waals surface area contributed by atoms with Gasteiger partial charge in [0.1, 0.15) is 0 Å². The quantitative estimate of drug-likeness (QED) is 0.366. The number of halogens is 5. The molecule has 0 aliphatic carbocycles. The summed E-state index contributed by atoms with van der Waals surface area (Å²) in [6.45, 7) is 0.392. The number of carbonyl (C=O) groups excluding carboxylic acids is 1. The summed E-state index contributed by atoms with van der Waals surface area (Å²) >= 11 is 5.25. The molecule has 7 heteroatoms. The first-order chi connectivity index (χ1) is 9.36. The van der Waals surface area contributed by atoms with E-state index < -0.39 is 17.6 Å². The minimum Gasteiger partial charge on any atom is -0.352 e. The third-order valence-electron chi connectivity index (χ3n) is 2.63. The molecule has 112 valence electrons. The van der Waals surface area contributed by atoms with Crippen molar-refractivity contribution in [3.05, 3.63) is 33.8 Å². The molecule has 0 aromatic heterocycles. The molecule has 1 N–H and O–H groups in total. The lowest BCUT2D eigenvalue weighted by molar-refractivity contribution is -0.138. The van der Waals surface area contributed by atoms with E-state index in [1.165, 1.54) is 12.1 Å². The van der Waals surface area contributed by atoms with Crippen LogP contribution in [0.5, 0.6) is 0 Å². The van der Waals surface area contributed by atoms with E-state index in [0.29, 0.717) is 11.0 Å². The molecule has 0 spiro atoms. The van der Waals surface area contributed by atoms with E-state index in [2.05, 4.69) is 43.8 Å². The third kappa shape index (κ3) is 5.59. The van der Waals surface area contributed by atoms with Crippen LogP contribution in [0.4, 0.5) is 13.2 Å². The zero-order valence-electron chi connectivity index (χ0n) is 10.6. The van der Waals surface area contributed by atoms with Crippen LogP contribution in [0.25, 0.3) is 0 Å². The zero-order valence-corrected chi connectivity index (χ0v) is 14.3. The normalized spacial score (nSPS) is 11.4. The number of hydrogen-bond acceptors (Lipinski definition) is 1. The van der Waals surface area contributed by atoms with Crippen molar-refractivity contribution in [3.8, 4) is 0 Å². The van der Waals surface area contributed by atoms with Gasteiger partial charge in [-0.1, -0.05) is 44.9 Å². The number of carbonyl (C=O) groups is 1. The molecule has 20 heavy (non-hydrogen) atoms. The van der Waals surface area contributed by atoms with Gasteiger partial charge in [-0.2, -0.15) is 13.2 Å². The second-order valence-electron chi connectivity index (χ2n) is 4.19. The number of hydrogen-bond donors (Lipinski definition) is 1. The summed E-state index contributed by atoms with van der Waals surface area (Å²) in [6.07, 6.45) is -1.78. The fourth-order valence-electron chi connectivity index (χ4n) is 1.64. The highest BCUT2D eigenvalue weighted by Crippen LogP contribution is 2.33. The van der Waals surface area contributed by atoms with E-state index in [9.17, 15) is 18.0 Å². The summed E-state index contributed by atoms with van der Waals surface area (Å²) in [6, 6.07) is 3.54. The molecule has 0 radical (unpaired) electrons. The Morgan fingerprint density at radius 2 is 1.95 bits per heavy atom. The Balaban J connectivity index is 2.73. The van der Waals surface area contributed by atoms with E-state index in [1.54, 1.807) is 0 Å². The van der Waals surface area contributed by atoms with Crippen LogP contribution >= 0.6 is 38.5 Å². The number of benzene rings is 1. The van der Waals surface area contributed by atoms with E-state index in [0.717, 1.165) is 29.8 Å². The van der Waals surface area contributed by atoms with Crippen molar-refractivity contribution in [2.24, 2.45) is 0 Å². The Labute approximate surface area is 137 Å². The average Bonchev–Trinajstić information content (AvgIpc) is 2.37. The highest BCUT2D eigenvalue weighted by atomic mass is 127. The summed E-state index contributed by atoms with van der Waals surface area (Å²) in [5.74, 6) is -0.681. The Kier molecular flexibility index (Phi) is 7.28. The molecule has 0 heterocycles. The molecule has 1 aromatic carbocycles. The van der Waals surface area contributed by atoms with E-state index in [-0.39, 0.29) is 5.56 Å². The molecule has 1 amide bonds. The van der Waals surface area contributed by atoms with Crippen LogP contribution in [0.2, 0.25) is 0 Å². The second kappa shape index (κ2) is 8.21. The van der Waals surface area contributed by atoms with Gasteiger partial charge in [0.15, 0.2) is 0 Å². The number of rotatable bonds is 6. The SMILES string of the molecule is O=C(NCCCCCI)c1ccc(Br)cc1C(F)(F)F. The van der Waals surface area contributed by atoms with Crippen molar-refractivity contribution < 1.29 is 18.0 Å². The molecule has 2 nitrogen and oxygen atoms in total. The Morgan fingerprint density at radius 3 is 2.55 bits per heavy atom. The standard InChI is InChI=1S/C13H14BrF3INO/c14-9-4-5-10(11(8-9)13(15,16)17)12(20)19-7-3-1-2-6-18/h4-5,8H,1-3,6-7H2,(H,19,20). The van der Waals surface area contributed by atoms with E-state index in [4.69, 9.17) is 0 Å². The van der Waals surface area contributed by atoms with Crippen LogP contribution in [0.3, 0.4) is 0 Å². The monoisotopic (exact) mass is 463 g/mol. The molecule has 0 saturated heterocycles. The molecular formula is C13H14BrF3INO. The lowest BCUT2D eigenvalue weighted by Crippen LogP contribution is -2.27. The largest absolute Gasteiger partial charge is 0.417 e. The van der Waals surface area contributed by atoms with Crippen molar-refractivity contribution in [1.82, 2.24) is 5.32 Å². The van der Waals surface area contributed by atoms with Crippen molar-refractivity contribution in [2.75, 3.05) is 11.0 Å². The summed E-state index contributed by atoms with van der Waals surface area (Å²) < 4.78 is 40.0. The van der Waals surface area contributed by atoms with Gasteiger partial charge in [0, 0.05) is 11.0 Å². The summed E-state index contributed by atoms with van der Waals surface area (Å²) in [5.41, 5.74) is -1.26. The smallest absolute Gasteiger partial charge is 0.352 e. The first-order valence-corrected chi connectivity index (χ1v) is 8.39. The molecule has 0 unspecified atom stereocenters. The van der Waals surface area contributed by atoms with Gasteiger partial charge in [-0.15, -0.1) is 0 Å². The minimum absolute atomic E-state index is 0.295. The Bertz CT molecular complexity index is 465. The number of alkyl halides is 4. The lowest BCUT2D eigenvalue weighted by atomic mass is 10.1. The number of nitrogens with one attached hydrogen (secondary N) is 1. The van der Waals surface area contributed by atoms with Gasteiger partial charge in [0.05, 0.1) is 11.1 Å². The maximum absolute atomic E-state index is 12.9. The number of amides is 1. The van der Waals surface area contributed by atoms with Gasteiger partial charge in [-0.25, -0.2) is 0 Å². The lowest BCUT2D eigenvalue weighted by Gasteiger charge is -2.13. The third-order valence-corrected chi connectivity index (χ3v) is 3.88. The van der Waals surface area contributed by atoms with E-state index in [1.807, 2.05) is 0 Å². The molecule has 0 aliphatic rings. The van der Waals surface area contributed by atoms with Crippen LogP contribution in [0, 0.1) is 0 Å². The van der Waals surface area contributed by atoms with Gasteiger partial charge in [-0.3, -0.25) is 4.79 Å².